The van der Waals surface area contributed by atoms with Crippen LogP contribution in [0.15, 0.2) is 6.07 Å². The molecule has 0 aliphatic rings. The van der Waals surface area contributed by atoms with Gasteiger partial charge in [-0.05, 0) is 31.0 Å². The largest absolute Gasteiger partial charge is 0.504 e. The molecule has 2 nitrogen and oxygen atoms in total. The molecule has 3 N–H and O–H groups in total. The lowest BCUT2D eigenvalue weighted by Gasteiger charge is -2.07. The van der Waals surface area contributed by atoms with Crippen molar-refractivity contribution in [3.8, 4) is 5.75 Å². The third-order valence-electron chi connectivity index (χ3n) is 1.82. The van der Waals surface area contributed by atoms with Crippen molar-refractivity contribution in [1.29, 1.82) is 0 Å². The van der Waals surface area contributed by atoms with E-state index in [0.29, 0.717) is 10.7 Å². The van der Waals surface area contributed by atoms with Crippen LogP contribution in [0.2, 0.25) is 5.02 Å². The Bertz CT molecular complexity index is 270. The zero-order valence-electron chi connectivity index (χ0n) is 6.48. The molecule has 60 valence electrons. The summed E-state index contributed by atoms with van der Waals surface area (Å²) in [6, 6.07) is 1.70. The maximum atomic E-state index is 9.25. The molecule has 0 atom stereocenters. The monoisotopic (exact) mass is 171 g/mol. The first-order chi connectivity index (χ1) is 5.04. The summed E-state index contributed by atoms with van der Waals surface area (Å²) < 4.78 is 0. The minimum absolute atomic E-state index is 0.0187. The molecule has 3 heteroatoms. The van der Waals surface area contributed by atoms with Gasteiger partial charge in [-0.15, -0.1) is 0 Å². The minimum atomic E-state index is -0.0187. The Morgan fingerprint density at radius 3 is 2.55 bits per heavy atom. The molecule has 0 radical (unpaired) electrons. The Morgan fingerprint density at radius 1 is 1.45 bits per heavy atom. The van der Waals surface area contributed by atoms with Crippen molar-refractivity contribution in [1.82, 2.24) is 0 Å². The number of anilines is 1. The van der Waals surface area contributed by atoms with Crippen molar-refractivity contribution < 1.29 is 5.11 Å². The van der Waals surface area contributed by atoms with Gasteiger partial charge in [0.15, 0.2) is 5.75 Å². The number of phenols is 1. The number of aromatic hydroxyl groups is 1. The molecule has 0 aliphatic heterocycles. The number of nitrogens with two attached hydrogens (primary N) is 1. The van der Waals surface area contributed by atoms with E-state index in [9.17, 15) is 5.11 Å². The Labute approximate surface area is 70.6 Å². The van der Waals surface area contributed by atoms with Gasteiger partial charge in [0.1, 0.15) is 0 Å². The highest BCUT2D eigenvalue weighted by Crippen LogP contribution is 2.33. The number of hydrogen-bond acceptors (Lipinski definition) is 2. The Hall–Kier alpha value is -0.890. The van der Waals surface area contributed by atoms with Crippen LogP contribution >= 0.6 is 11.6 Å². The molecule has 11 heavy (non-hydrogen) atoms. The third-order valence-corrected chi connectivity index (χ3v) is 2.11. The van der Waals surface area contributed by atoms with Gasteiger partial charge in [0.25, 0.3) is 0 Å². The van der Waals surface area contributed by atoms with E-state index in [1.807, 2.05) is 13.8 Å². The van der Waals surface area contributed by atoms with Crippen molar-refractivity contribution in [2.24, 2.45) is 0 Å². The Morgan fingerprint density at radius 2 is 2.00 bits per heavy atom. The summed E-state index contributed by atoms with van der Waals surface area (Å²) in [7, 11) is 0. The summed E-state index contributed by atoms with van der Waals surface area (Å²) >= 11 is 5.66. The van der Waals surface area contributed by atoms with Crippen LogP contribution < -0.4 is 5.73 Å². The fraction of sp³-hybridized carbons (Fsp3) is 0.250. The molecule has 0 aromatic heterocycles. The van der Waals surface area contributed by atoms with E-state index >= 15 is 0 Å². The minimum Gasteiger partial charge on any atom is -0.504 e. The lowest BCUT2D eigenvalue weighted by atomic mass is 10.1. The Kier molecular flexibility index (Phi) is 1.96. The zero-order valence-corrected chi connectivity index (χ0v) is 7.24. The Balaban J connectivity index is 3.46. The second kappa shape index (κ2) is 2.62. The standard InChI is InChI=1S/C8H10ClNO/c1-4-3-6(9)8(11)7(10)5(4)2/h3,11H,10H2,1-2H3. The number of nitrogen functional groups attached to an aromatic ring is 1. The fourth-order valence-corrected chi connectivity index (χ4v) is 1.15. The summed E-state index contributed by atoms with van der Waals surface area (Å²) in [6.45, 7) is 3.75. The van der Waals surface area contributed by atoms with Crippen LogP contribution in [0.1, 0.15) is 11.1 Å². The fourth-order valence-electron chi connectivity index (χ4n) is 0.885. The first kappa shape index (κ1) is 8.21. The van der Waals surface area contributed by atoms with Crippen molar-refractivity contribution in [3.05, 3.63) is 22.2 Å². The SMILES string of the molecule is Cc1cc(Cl)c(O)c(N)c1C. The highest BCUT2D eigenvalue weighted by molar-refractivity contribution is 6.32. The molecule has 0 fully saturated rings. The number of hydrogen-bond donors (Lipinski definition) is 2. The van der Waals surface area contributed by atoms with E-state index in [1.54, 1.807) is 6.07 Å². The second-order valence-electron chi connectivity index (χ2n) is 2.56. The van der Waals surface area contributed by atoms with E-state index in [2.05, 4.69) is 0 Å². The maximum absolute atomic E-state index is 9.25. The van der Waals surface area contributed by atoms with Gasteiger partial charge in [-0.3, -0.25) is 0 Å². The molecule has 0 amide bonds. The average Bonchev–Trinajstić information content (AvgIpc) is 1.97. The quantitative estimate of drug-likeness (QED) is 0.465. The average molecular weight is 172 g/mol. The molecule has 0 bridgehead atoms. The second-order valence-corrected chi connectivity index (χ2v) is 2.97. The van der Waals surface area contributed by atoms with Crippen molar-refractivity contribution in [2.45, 2.75) is 13.8 Å². The van der Waals surface area contributed by atoms with Crippen molar-refractivity contribution in [2.75, 3.05) is 5.73 Å². The molecule has 0 saturated carbocycles. The number of phenolic OH excluding ortho intramolecular Hbond substituents is 1. The van der Waals surface area contributed by atoms with Gasteiger partial charge in [0, 0.05) is 0 Å². The molecule has 1 aromatic carbocycles. The number of benzene rings is 1. The van der Waals surface area contributed by atoms with Gasteiger partial charge in [0.05, 0.1) is 10.7 Å². The summed E-state index contributed by atoms with van der Waals surface area (Å²) in [6.07, 6.45) is 0. The highest BCUT2D eigenvalue weighted by atomic mass is 35.5. The molecule has 1 rings (SSSR count). The lowest BCUT2D eigenvalue weighted by Crippen LogP contribution is -1.93. The molecule has 0 heterocycles. The van der Waals surface area contributed by atoms with Gasteiger partial charge < -0.3 is 10.8 Å². The van der Waals surface area contributed by atoms with Gasteiger partial charge in [-0.25, -0.2) is 0 Å². The van der Waals surface area contributed by atoms with E-state index in [4.69, 9.17) is 17.3 Å². The molecule has 1 aromatic rings. The summed E-state index contributed by atoms with van der Waals surface area (Å²) in [5, 5.41) is 9.57. The third kappa shape index (κ3) is 1.26. The molecule has 0 aliphatic carbocycles. The molecule has 0 unspecified atom stereocenters. The van der Waals surface area contributed by atoms with Gasteiger partial charge in [-0.2, -0.15) is 0 Å². The molecular formula is C8H10ClNO. The van der Waals surface area contributed by atoms with Crippen LogP contribution in [-0.2, 0) is 0 Å². The van der Waals surface area contributed by atoms with Crippen LogP contribution in [0, 0.1) is 13.8 Å². The van der Waals surface area contributed by atoms with Crippen molar-refractivity contribution in [3.63, 3.8) is 0 Å². The van der Waals surface area contributed by atoms with Crippen LogP contribution in [0.25, 0.3) is 0 Å². The van der Waals surface area contributed by atoms with Crippen LogP contribution in [0.4, 0.5) is 5.69 Å². The summed E-state index contributed by atoms with van der Waals surface area (Å²) in [5.74, 6) is -0.0187. The molecule has 0 spiro atoms. The predicted octanol–water partition coefficient (Wildman–Crippen LogP) is 2.24. The van der Waals surface area contributed by atoms with Gasteiger partial charge in [-0.1, -0.05) is 11.6 Å². The van der Waals surface area contributed by atoms with Crippen LogP contribution in [0.3, 0.4) is 0 Å². The predicted molar refractivity (Wildman–Crippen MR) is 47.0 cm³/mol. The number of aryl methyl sites for hydroxylation is 1. The summed E-state index contributed by atoms with van der Waals surface area (Å²) in [4.78, 5) is 0. The normalized spacial score (nSPS) is 10.1. The number of halogens is 1. The maximum Gasteiger partial charge on any atom is 0.157 e. The first-order valence-electron chi connectivity index (χ1n) is 3.28. The lowest BCUT2D eigenvalue weighted by molar-refractivity contribution is 0.477. The van der Waals surface area contributed by atoms with E-state index < -0.39 is 0 Å². The topological polar surface area (TPSA) is 46.2 Å². The highest BCUT2D eigenvalue weighted by Gasteiger charge is 2.07. The zero-order chi connectivity index (χ0) is 8.59. The smallest absolute Gasteiger partial charge is 0.157 e. The van der Waals surface area contributed by atoms with Crippen LogP contribution in [0.5, 0.6) is 5.75 Å². The summed E-state index contributed by atoms with van der Waals surface area (Å²) in [5.41, 5.74) is 7.79. The van der Waals surface area contributed by atoms with Gasteiger partial charge >= 0.3 is 0 Å². The first-order valence-corrected chi connectivity index (χ1v) is 3.66. The van der Waals surface area contributed by atoms with Gasteiger partial charge in [0.2, 0.25) is 0 Å². The van der Waals surface area contributed by atoms with Crippen molar-refractivity contribution >= 4 is 17.3 Å². The number of rotatable bonds is 0. The van der Waals surface area contributed by atoms with E-state index in [-0.39, 0.29) is 5.75 Å². The van der Waals surface area contributed by atoms with E-state index in [1.165, 1.54) is 0 Å². The molecular weight excluding hydrogens is 162 g/mol. The van der Waals surface area contributed by atoms with E-state index in [0.717, 1.165) is 11.1 Å². The van der Waals surface area contributed by atoms with Crippen LogP contribution in [-0.4, -0.2) is 5.11 Å². The molecule has 0 saturated heterocycles.